The minimum atomic E-state index is -1.32. The Morgan fingerprint density at radius 2 is 2.24 bits per heavy atom. The van der Waals surface area contributed by atoms with E-state index >= 15 is 0 Å². The molecule has 0 spiro atoms. The van der Waals surface area contributed by atoms with E-state index in [2.05, 4.69) is 20.4 Å². The number of ketones is 1. The fourth-order valence-corrected chi connectivity index (χ4v) is 4.70. The third-order valence-corrected chi connectivity index (χ3v) is 5.95. The van der Waals surface area contributed by atoms with Crippen molar-refractivity contribution < 1.29 is 19.4 Å². The van der Waals surface area contributed by atoms with Crippen molar-refractivity contribution in [1.29, 1.82) is 0 Å². The number of carbonyl (C=O) groups excluding carboxylic acids is 1. The van der Waals surface area contributed by atoms with Gasteiger partial charge in [0.15, 0.2) is 11.4 Å². The van der Waals surface area contributed by atoms with Gasteiger partial charge in [0.1, 0.15) is 17.5 Å². The largest absolute Gasteiger partial charge is 0.488 e. The zero-order chi connectivity index (χ0) is 15.0. The Labute approximate surface area is 124 Å². The van der Waals surface area contributed by atoms with E-state index in [-0.39, 0.29) is 30.0 Å². The van der Waals surface area contributed by atoms with E-state index < -0.39 is 5.60 Å². The van der Waals surface area contributed by atoms with E-state index in [0.717, 1.165) is 18.4 Å². The number of hydrogen-bond donors (Lipinski definition) is 1. The zero-order valence-corrected chi connectivity index (χ0v) is 12.6. The lowest BCUT2D eigenvalue weighted by Crippen LogP contribution is -2.49. The summed E-state index contributed by atoms with van der Waals surface area (Å²) < 4.78 is 11.9. The Bertz CT molecular complexity index is 577. The maximum absolute atomic E-state index is 12.6. The van der Waals surface area contributed by atoms with Gasteiger partial charge in [0, 0.05) is 17.9 Å². The molecule has 114 valence electrons. The summed E-state index contributed by atoms with van der Waals surface area (Å²) in [6.45, 7) is 8.41. The lowest BCUT2D eigenvalue weighted by atomic mass is 9.72. The number of hydrogen-bond acceptors (Lipinski definition) is 4. The van der Waals surface area contributed by atoms with E-state index in [1.165, 1.54) is 0 Å². The molecular weight excluding hydrogens is 268 g/mol. The number of rotatable bonds is 1. The van der Waals surface area contributed by atoms with Crippen molar-refractivity contribution in [3.63, 3.8) is 0 Å². The highest BCUT2D eigenvalue weighted by molar-refractivity contribution is 6.04. The molecule has 1 saturated heterocycles. The molecule has 2 aliphatic heterocycles. The lowest BCUT2D eigenvalue weighted by Gasteiger charge is -2.44. The smallest absolute Gasteiger partial charge is 0.196 e. The van der Waals surface area contributed by atoms with Crippen molar-refractivity contribution in [3.8, 4) is 0 Å². The third kappa shape index (κ3) is 1.66. The normalized spacial score (nSPS) is 48.0. The summed E-state index contributed by atoms with van der Waals surface area (Å²) in [6, 6.07) is 0. The molecule has 0 aromatic rings. The Morgan fingerprint density at radius 3 is 2.95 bits per heavy atom. The van der Waals surface area contributed by atoms with Crippen molar-refractivity contribution in [3.05, 3.63) is 23.5 Å². The Balaban J connectivity index is 1.75. The minimum absolute atomic E-state index is 0.0954. The molecule has 4 aliphatic rings. The maximum Gasteiger partial charge on any atom is 0.196 e. The molecule has 0 aromatic heterocycles. The Kier molecular flexibility index (Phi) is 2.57. The van der Waals surface area contributed by atoms with Crippen LogP contribution in [0.2, 0.25) is 0 Å². The summed E-state index contributed by atoms with van der Waals surface area (Å²) in [5.41, 5.74) is 0.279. The van der Waals surface area contributed by atoms with Crippen LogP contribution in [0.15, 0.2) is 23.5 Å². The quantitative estimate of drug-likeness (QED) is 0.752. The highest BCUT2D eigenvalue weighted by atomic mass is 16.6. The molecule has 2 fully saturated rings. The van der Waals surface area contributed by atoms with E-state index in [1.807, 2.05) is 0 Å². The zero-order valence-electron chi connectivity index (χ0n) is 12.6. The van der Waals surface area contributed by atoms with Crippen LogP contribution in [0.5, 0.6) is 0 Å². The molecule has 0 radical (unpaired) electrons. The van der Waals surface area contributed by atoms with Crippen LogP contribution >= 0.6 is 0 Å². The van der Waals surface area contributed by atoms with Gasteiger partial charge < -0.3 is 14.6 Å². The first-order chi connectivity index (χ1) is 9.84. The molecule has 0 unspecified atom stereocenters. The van der Waals surface area contributed by atoms with Gasteiger partial charge in [0.2, 0.25) is 0 Å². The van der Waals surface area contributed by atoms with Crippen LogP contribution in [0.4, 0.5) is 0 Å². The lowest BCUT2D eigenvalue weighted by molar-refractivity contribution is -0.136. The van der Waals surface area contributed by atoms with Gasteiger partial charge in [-0.05, 0) is 39.0 Å². The van der Waals surface area contributed by atoms with Crippen LogP contribution in [0.1, 0.15) is 39.5 Å². The van der Waals surface area contributed by atoms with Gasteiger partial charge in [-0.3, -0.25) is 4.79 Å². The molecule has 0 aromatic carbocycles. The number of aliphatic hydroxyl groups is 1. The number of ether oxygens (including phenoxy) is 2. The molecule has 4 rings (SSSR count). The van der Waals surface area contributed by atoms with Gasteiger partial charge in [-0.2, -0.15) is 0 Å². The molecular formula is C17H22O4. The standard InChI is InChI=1S/C17H22O4/c1-9(2)10-4-5-16(3)12(10)6-11-14(21-16)13-7-17(19,8-20-13)15(11)18/h10,12-13,19H,1,4-8H2,2-3H3/t10-,12+,13-,16-,17+/m0/s1. The molecule has 4 nitrogen and oxygen atoms in total. The first-order valence-electron chi connectivity index (χ1n) is 7.80. The van der Waals surface area contributed by atoms with E-state index in [1.54, 1.807) is 0 Å². The molecule has 4 heteroatoms. The topological polar surface area (TPSA) is 55.8 Å². The Morgan fingerprint density at radius 1 is 1.48 bits per heavy atom. The van der Waals surface area contributed by atoms with Crippen LogP contribution in [0.25, 0.3) is 0 Å². The summed E-state index contributed by atoms with van der Waals surface area (Å²) in [5.74, 6) is 1.19. The summed E-state index contributed by atoms with van der Waals surface area (Å²) in [4.78, 5) is 12.6. The average molecular weight is 290 g/mol. The average Bonchev–Trinajstić information content (AvgIpc) is 2.94. The van der Waals surface area contributed by atoms with Crippen LogP contribution in [0.3, 0.4) is 0 Å². The van der Waals surface area contributed by atoms with Crippen LogP contribution < -0.4 is 0 Å². The van der Waals surface area contributed by atoms with Crippen LogP contribution in [-0.4, -0.2) is 34.8 Å². The number of allylic oxidation sites excluding steroid dienone is 1. The number of fused-ring (bicyclic) bond motifs is 4. The summed E-state index contributed by atoms with van der Waals surface area (Å²) in [6.07, 6.45) is 2.82. The van der Waals surface area contributed by atoms with E-state index in [0.29, 0.717) is 30.1 Å². The number of Topliss-reactive ketones (excluding diaryl/α,β-unsaturated/α-hetero) is 1. The van der Waals surface area contributed by atoms with Crippen molar-refractivity contribution >= 4 is 5.78 Å². The Hall–Kier alpha value is -1.13. The van der Waals surface area contributed by atoms with Gasteiger partial charge in [-0.1, -0.05) is 12.2 Å². The van der Waals surface area contributed by atoms with E-state index in [4.69, 9.17) is 9.47 Å². The molecule has 1 saturated carbocycles. The first kappa shape index (κ1) is 13.5. The summed E-state index contributed by atoms with van der Waals surface area (Å²) >= 11 is 0. The molecule has 1 N–H and O–H groups in total. The fraction of sp³-hybridized carbons (Fsp3) is 0.706. The molecule has 5 atom stereocenters. The second-order valence-corrected chi connectivity index (χ2v) is 7.42. The predicted molar refractivity (Wildman–Crippen MR) is 76.5 cm³/mol. The van der Waals surface area contributed by atoms with Crippen LogP contribution in [0, 0.1) is 11.8 Å². The SMILES string of the molecule is C=C(C)[C@@H]1CC[C@]2(C)OC3=C(C[C@H]12)C(=O)[C@]1(O)CO[C@H]3C1. The van der Waals surface area contributed by atoms with Gasteiger partial charge in [0.25, 0.3) is 0 Å². The van der Waals surface area contributed by atoms with Gasteiger partial charge in [-0.25, -0.2) is 0 Å². The molecule has 2 aliphatic carbocycles. The second-order valence-electron chi connectivity index (χ2n) is 7.42. The van der Waals surface area contributed by atoms with E-state index in [9.17, 15) is 9.90 Å². The molecule has 0 amide bonds. The maximum atomic E-state index is 12.6. The van der Waals surface area contributed by atoms with Crippen molar-refractivity contribution in [2.45, 2.75) is 56.8 Å². The molecule has 21 heavy (non-hydrogen) atoms. The molecule has 2 bridgehead atoms. The highest BCUT2D eigenvalue weighted by Crippen LogP contribution is 2.55. The monoisotopic (exact) mass is 290 g/mol. The van der Waals surface area contributed by atoms with Crippen molar-refractivity contribution in [2.24, 2.45) is 11.8 Å². The summed E-state index contributed by atoms with van der Waals surface area (Å²) in [5, 5.41) is 10.4. The fourth-order valence-electron chi connectivity index (χ4n) is 4.70. The van der Waals surface area contributed by atoms with Gasteiger partial charge in [-0.15, -0.1) is 0 Å². The second kappa shape index (κ2) is 3.99. The minimum Gasteiger partial charge on any atom is -0.488 e. The number of carbonyl (C=O) groups is 1. The highest BCUT2D eigenvalue weighted by Gasteiger charge is 2.59. The third-order valence-electron chi connectivity index (χ3n) is 5.95. The van der Waals surface area contributed by atoms with Gasteiger partial charge in [0.05, 0.1) is 6.61 Å². The first-order valence-corrected chi connectivity index (χ1v) is 7.80. The molecule has 2 heterocycles. The summed E-state index contributed by atoms with van der Waals surface area (Å²) in [7, 11) is 0. The van der Waals surface area contributed by atoms with Gasteiger partial charge >= 0.3 is 0 Å². The van der Waals surface area contributed by atoms with Crippen LogP contribution in [-0.2, 0) is 14.3 Å². The van der Waals surface area contributed by atoms with Crippen molar-refractivity contribution in [2.75, 3.05) is 6.61 Å². The van der Waals surface area contributed by atoms with Crippen molar-refractivity contribution in [1.82, 2.24) is 0 Å². The predicted octanol–water partition coefficient (Wildman–Crippen LogP) is 2.12.